The van der Waals surface area contributed by atoms with Gasteiger partial charge in [-0.15, -0.1) is 0 Å². The highest BCUT2D eigenvalue weighted by Gasteiger charge is 2.42. The highest BCUT2D eigenvalue weighted by atomic mass is 16.2. The predicted octanol–water partition coefficient (Wildman–Crippen LogP) is 1.97. The molecule has 2 aromatic heterocycles. The maximum absolute atomic E-state index is 12.7. The van der Waals surface area contributed by atoms with Crippen molar-refractivity contribution in [2.45, 2.75) is 57.5 Å². The van der Waals surface area contributed by atoms with E-state index in [0.717, 1.165) is 24.7 Å². The first-order valence-corrected chi connectivity index (χ1v) is 9.96. The molecule has 2 N–H and O–H groups in total. The van der Waals surface area contributed by atoms with E-state index in [1.165, 1.54) is 36.4 Å². The Morgan fingerprint density at radius 1 is 1.26 bits per heavy atom. The Kier molecular flexibility index (Phi) is 3.74. The van der Waals surface area contributed by atoms with Crippen LogP contribution in [0, 0.1) is 17.8 Å². The van der Waals surface area contributed by atoms with Gasteiger partial charge in [-0.25, -0.2) is 9.78 Å². The highest BCUT2D eigenvalue weighted by Crippen LogP contribution is 2.49. The topological polar surface area (TPSA) is 96.8 Å². The second-order valence-corrected chi connectivity index (χ2v) is 8.56. The summed E-state index contributed by atoms with van der Waals surface area (Å²) >= 11 is 0. The normalized spacial score (nSPS) is 27.8. The number of aromatic nitrogens is 3. The molecule has 142 valence electrons. The summed E-state index contributed by atoms with van der Waals surface area (Å²) in [7, 11) is 0. The number of nitrogens with one attached hydrogen (secondary N) is 2. The Bertz CT molecular complexity index is 1040. The summed E-state index contributed by atoms with van der Waals surface area (Å²) in [4.78, 5) is 43.7. The molecular weight excluding hydrogens is 344 g/mol. The van der Waals surface area contributed by atoms with Crippen LogP contribution in [0.3, 0.4) is 0 Å². The van der Waals surface area contributed by atoms with Crippen molar-refractivity contribution in [1.29, 1.82) is 0 Å². The summed E-state index contributed by atoms with van der Waals surface area (Å²) in [6.45, 7) is 2.08. The molecule has 0 spiro atoms. The van der Waals surface area contributed by atoms with Crippen LogP contribution in [0.15, 0.2) is 21.9 Å². The molecule has 3 fully saturated rings. The van der Waals surface area contributed by atoms with E-state index in [9.17, 15) is 14.4 Å². The molecule has 7 nitrogen and oxygen atoms in total. The van der Waals surface area contributed by atoms with E-state index in [1.54, 1.807) is 6.07 Å². The van der Waals surface area contributed by atoms with Gasteiger partial charge in [-0.05, 0) is 62.8 Å². The first-order valence-electron chi connectivity index (χ1n) is 9.96. The van der Waals surface area contributed by atoms with E-state index in [0.29, 0.717) is 22.5 Å². The van der Waals surface area contributed by atoms with Crippen LogP contribution in [0.1, 0.15) is 61.8 Å². The molecule has 0 unspecified atom stereocenters. The number of hydrogen-bond acceptors (Lipinski definition) is 4. The van der Waals surface area contributed by atoms with Crippen LogP contribution in [0.5, 0.6) is 0 Å². The molecule has 0 aliphatic heterocycles. The fourth-order valence-corrected chi connectivity index (χ4v) is 5.24. The number of amides is 1. The third kappa shape index (κ3) is 2.80. The summed E-state index contributed by atoms with van der Waals surface area (Å²) in [6, 6.07) is 1.77. The lowest BCUT2D eigenvalue weighted by Crippen LogP contribution is -2.40. The smallest absolute Gasteiger partial charge is 0.330 e. The number of pyridine rings is 1. The zero-order valence-corrected chi connectivity index (χ0v) is 15.4. The van der Waals surface area contributed by atoms with E-state index in [2.05, 4.69) is 22.2 Å². The standard InChI is InChI=1S/C20H24N4O3/c1-10(15-7-11-2-3-12(15)6-11)22-18(25)13-8-16-17(21-9-13)24(14-4-5-14)20(27)23-19(16)26/h8-12,14-15H,2-7H2,1H3,(H,22,25)(H,23,26,27)/t10-,11+,12+,15-/m1/s1. The van der Waals surface area contributed by atoms with E-state index < -0.39 is 11.2 Å². The summed E-state index contributed by atoms with van der Waals surface area (Å²) in [5.41, 5.74) is -0.187. The molecule has 7 heteroatoms. The number of fused-ring (bicyclic) bond motifs is 3. The van der Waals surface area contributed by atoms with Crippen LogP contribution in [0.4, 0.5) is 0 Å². The van der Waals surface area contributed by atoms with E-state index in [-0.39, 0.29) is 18.0 Å². The van der Waals surface area contributed by atoms with Crippen LogP contribution in [-0.4, -0.2) is 26.5 Å². The number of hydrogen-bond donors (Lipinski definition) is 2. The van der Waals surface area contributed by atoms with Crippen molar-refractivity contribution in [1.82, 2.24) is 19.9 Å². The minimum Gasteiger partial charge on any atom is -0.349 e. The van der Waals surface area contributed by atoms with Gasteiger partial charge in [0.1, 0.15) is 5.65 Å². The molecule has 5 rings (SSSR count). The molecule has 2 heterocycles. The van der Waals surface area contributed by atoms with Gasteiger partial charge in [0.2, 0.25) is 0 Å². The largest absolute Gasteiger partial charge is 0.349 e. The van der Waals surface area contributed by atoms with Crippen molar-refractivity contribution in [3.8, 4) is 0 Å². The minimum absolute atomic E-state index is 0.0989. The Hall–Kier alpha value is -2.44. The van der Waals surface area contributed by atoms with Crippen LogP contribution in [-0.2, 0) is 0 Å². The van der Waals surface area contributed by atoms with Crippen LogP contribution in [0.25, 0.3) is 11.0 Å². The lowest BCUT2D eigenvalue weighted by atomic mass is 9.84. The molecule has 2 bridgehead atoms. The monoisotopic (exact) mass is 368 g/mol. The van der Waals surface area contributed by atoms with E-state index >= 15 is 0 Å². The molecular formula is C20H24N4O3. The lowest BCUT2D eigenvalue weighted by molar-refractivity contribution is 0.0915. The van der Waals surface area contributed by atoms with Crippen molar-refractivity contribution >= 4 is 16.9 Å². The van der Waals surface area contributed by atoms with Gasteiger partial charge in [0, 0.05) is 18.3 Å². The van der Waals surface area contributed by atoms with E-state index in [1.807, 2.05) is 0 Å². The quantitative estimate of drug-likeness (QED) is 0.862. The first-order chi connectivity index (χ1) is 13.0. The van der Waals surface area contributed by atoms with Gasteiger partial charge in [-0.2, -0.15) is 0 Å². The zero-order chi connectivity index (χ0) is 18.7. The molecule has 0 saturated heterocycles. The second kappa shape index (κ2) is 6.04. The Labute approximate surface area is 156 Å². The van der Waals surface area contributed by atoms with Gasteiger partial charge in [-0.1, -0.05) is 6.42 Å². The molecule has 2 aromatic rings. The predicted molar refractivity (Wildman–Crippen MR) is 101 cm³/mol. The molecule has 0 aromatic carbocycles. The Morgan fingerprint density at radius 3 is 2.74 bits per heavy atom. The van der Waals surface area contributed by atoms with Crippen molar-refractivity contribution < 1.29 is 4.79 Å². The van der Waals surface area contributed by atoms with Gasteiger partial charge in [0.05, 0.1) is 10.9 Å². The minimum atomic E-state index is -0.491. The van der Waals surface area contributed by atoms with E-state index in [4.69, 9.17) is 0 Å². The van der Waals surface area contributed by atoms with Gasteiger partial charge >= 0.3 is 5.69 Å². The third-order valence-corrected chi connectivity index (χ3v) is 6.75. The first kappa shape index (κ1) is 16.7. The Balaban J connectivity index is 1.42. The van der Waals surface area contributed by atoms with Gasteiger partial charge in [0.25, 0.3) is 11.5 Å². The number of nitrogens with zero attached hydrogens (tertiary/aromatic N) is 2. The van der Waals surface area contributed by atoms with Crippen LogP contribution < -0.4 is 16.6 Å². The van der Waals surface area contributed by atoms with Gasteiger partial charge < -0.3 is 5.32 Å². The SMILES string of the molecule is C[C@@H](NC(=O)c1cnc2c(c1)c(=O)[nH]c(=O)n2C1CC1)[C@H]1C[C@H]2CC[C@H]1C2. The van der Waals surface area contributed by atoms with Crippen LogP contribution >= 0.6 is 0 Å². The molecule has 0 radical (unpaired) electrons. The maximum atomic E-state index is 12.7. The van der Waals surface area contributed by atoms with Crippen molar-refractivity contribution in [2.24, 2.45) is 17.8 Å². The Morgan fingerprint density at radius 2 is 2.07 bits per heavy atom. The molecule has 27 heavy (non-hydrogen) atoms. The number of H-pyrrole nitrogens is 1. The highest BCUT2D eigenvalue weighted by molar-refractivity contribution is 5.96. The van der Waals surface area contributed by atoms with Gasteiger partial charge in [0.15, 0.2) is 0 Å². The fourth-order valence-electron chi connectivity index (χ4n) is 5.24. The number of carbonyl (C=O) groups excluding carboxylic acids is 1. The third-order valence-electron chi connectivity index (χ3n) is 6.75. The molecule has 1 amide bonds. The lowest BCUT2D eigenvalue weighted by Gasteiger charge is -2.28. The number of rotatable bonds is 4. The van der Waals surface area contributed by atoms with Crippen molar-refractivity contribution in [3.63, 3.8) is 0 Å². The van der Waals surface area contributed by atoms with Crippen LogP contribution in [0.2, 0.25) is 0 Å². The average Bonchev–Trinajstić information content (AvgIpc) is 3.24. The molecule has 3 aliphatic rings. The fraction of sp³-hybridized carbons (Fsp3) is 0.600. The molecule has 3 aliphatic carbocycles. The maximum Gasteiger partial charge on any atom is 0.330 e. The summed E-state index contributed by atoms with van der Waals surface area (Å²) in [6.07, 6.45) is 8.41. The number of carbonyl (C=O) groups is 1. The molecule has 3 saturated carbocycles. The average molecular weight is 368 g/mol. The number of aromatic amines is 1. The molecule has 4 atom stereocenters. The summed E-state index contributed by atoms with van der Waals surface area (Å²) in [5.74, 6) is 1.91. The second-order valence-electron chi connectivity index (χ2n) is 8.56. The van der Waals surface area contributed by atoms with Crippen molar-refractivity contribution in [3.05, 3.63) is 38.7 Å². The summed E-state index contributed by atoms with van der Waals surface area (Å²) in [5, 5.41) is 3.40. The van der Waals surface area contributed by atoms with Crippen molar-refractivity contribution in [2.75, 3.05) is 0 Å². The zero-order valence-electron chi connectivity index (χ0n) is 15.4. The summed E-state index contributed by atoms with van der Waals surface area (Å²) < 4.78 is 1.54. The van der Waals surface area contributed by atoms with Gasteiger partial charge in [-0.3, -0.25) is 19.1 Å².